The molecule has 0 bridgehead atoms. The molecule has 0 amide bonds. The van der Waals surface area contributed by atoms with Gasteiger partial charge in [-0.2, -0.15) is 0 Å². The van der Waals surface area contributed by atoms with Crippen LogP contribution < -0.4 is 4.74 Å². The van der Waals surface area contributed by atoms with E-state index in [0.29, 0.717) is 23.2 Å². The molecule has 0 atom stereocenters. The molecule has 2 aromatic heterocycles. The average Bonchev–Trinajstić information content (AvgIpc) is 3.35. The van der Waals surface area contributed by atoms with Gasteiger partial charge in [-0.1, -0.05) is 200 Å². The predicted octanol–water partition coefficient (Wildman–Crippen LogP) is 14.4. The molecule has 10 rings (SSSR count). The molecule has 0 spiro atoms. The van der Waals surface area contributed by atoms with Gasteiger partial charge in [0.05, 0.1) is 17.0 Å². The fourth-order valence-electron chi connectivity index (χ4n) is 7.77. The minimum absolute atomic E-state index is 0.511. The summed E-state index contributed by atoms with van der Waals surface area (Å²) >= 11 is 0. The van der Waals surface area contributed by atoms with E-state index in [1.165, 1.54) is 0 Å². The standard InChI is InChI=1S/C56H38N4O/c1-7-22-39(23-8-1)50-49(51(40-24-9-2-10-25-40)53(42-28-13-4-14-29-42)57-52(50)41-26-11-3-12-27-41)44-32-21-33-45(38-44)55-58-54(43-30-15-5-16-31-43)59-56(60-55)47-36-19-20-37-48(47)61-46-34-17-6-18-35-46/h1-38H. The zero-order valence-electron chi connectivity index (χ0n) is 33.1. The van der Waals surface area contributed by atoms with Crippen LogP contribution in [0.1, 0.15) is 0 Å². The lowest BCUT2D eigenvalue weighted by molar-refractivity contribution is 0.484. The van der Waals surface area contributed by atoms with E-state index in [-0.39, 0.29) is 0 Å². The van der Waals surface area contributed by atoms with Crippen LogP contribution in [0.4, 0.5) is 0 Å². The normalized spacial score (nSPS) is 11.0. The Hall–Kier alpha value is -8.28. The van der Waals surface area contributed by atoms with Crippen molar-refractivity contribution >= 4 is 0 Å². The van der Waals surface area contributed by atoms with Crippen LogP contribution in [0.15, 0.2) is 231 Å². The molecule has 0 radical (unpaired) electrons. The number of aromatic nitrogens is 4. The Balaban J connectivity index is 1.25. The smallest absolute Gasteiger partial charge is 0.167 e. The first kappa shape index (κ1) is 37.0. The molecule has 0 aliphatic heterocycles. The maximum absolute atomic E-state index is 6.43. The molecule has 0 fully saturated rings. The highest BCUT2D eigenvalue weighted by Crippen LogP contribution is 2.49. The molecule has 8 aromatic carbocycles. The Bertz CT molecular complexity index is 2970. The first-order valence-electron chi connectivity index (χ1n) is 20.3. The number of rotatable bonds is 10. The highest BCUT2D eigenvalue weighted by Gasteiger charge is 2.26. The van der Waals surface area contributed by atoms with Gasteiger partial charge in [0.1, 0.15) is 11.5 Å². The van der Waals surface area contributed by atoms with Crippen LogP contribution in [0.2, 0.25) is 0 Å². The molecule has 0 saturated heterocycles. The maximum Gasteiger partial charge on any atom is 0.167 e. The second kappa shape index (κ2) is 16.9. The van der Waals surface area contributed by atoms with Crippen molar-refractivity contribution < 1.29 is 4.74 Å². The minimum atomic E-state index is 0.511. The quantitative estimate of drug-likeness (QED) is 0.138. The summed E-state index contributed by atoms with van der Waals surface area (Å²) in [7, 11) is 0. The number of para-hydroxylation sites is 2. The van der Waals surface area contributed by atoms with Gasteiger partial charge in [-0.25, -0.2) is 19.9 Å². The van der Waals surface area contributed by atoms with E-state index >= 15 is 0 Å². The van der Waals surface area contributed by atoms with Crippen molar-refractivity contribution in [3.8, 4) is 102 Å². The second-order valence-electron chi connectivity index (χ2n) is 14.6. The highest BCUT2D eigenvalue weighted by atomic mass is 16.5. The van der Waals surface area contributed by atoms with Crippen LogP contribution in [0.5, 0.6) is 11.5 Å². The molecule has 5 nitrogen and oxygen atoms in total. The molecular weight excluding hydrogens is 745 g/mol. The third-order valence-electron chi connectivity index (χ3n) is 10.6. The Morgan fingerprint density at radius 1 is 0.262 bits per heavy atom. The number of hydrogen-bond donors (Lipinski definition) is 0. The number of benzene rings is 8. The van der Waals surface area contributed by atoms with Gasteiger partial charge in [0.2, 0.25) is 0 Å². The van der Waals surface area contributed by atoms with Crippen LogP contribution in [-0.4, -0.2) is 19.9 Å². The summed E-state index contributed by atoms with van der Waals surface area (Å²) < 4.78 is 6.43. The van der Waals surface area contributed by atoms with Gasteiger partial charge in [-0.15, -0.1) is 0 Å². The van der Waals surface area contributed by atoms with E-state index in [4.69, 9.17) is 24.7 Å². The van der Waals surface area contributed by atoms with Gasteiger partial charge >= 0.3 is 0 Å². The van der Waals surface area contributed by atoms with E-state index in [2.05, 4.69) is 133 Å². The van der Waals surface area contributed by atoms with Crippen molar-refractivity contribution in [3.63, 3.8) is 0 Å². The van der Waals surface area contributed by atoms with Crippen LogP contribution >= 0.6 is 0 Å². The van der Waals surface area contributed by atoms with Gasteiger partial charge in [0, 0.05) is 38.9 Å². The van der Waals surface area contributed by atoms with E-state index in [9.17, 15) is 0 Å². The van der Waals surface area contributed by atoms with Crippen molar-refractivity contribution in [2.45, 2.75) is 0 Å². The van der Waals surface area contributed by atoms with Crippen LogP contribution in [0.3, 0.4) is 0 Å². The summed E-state index contributed by atoms with van der Waals surface area (Å²) in [6, 6.07) is 78.4. The van der Waals surface area contributed by atoms with Crippen LogP contribution in [0.25, 0.3) is 90.1 Å². The number of pyridine rings is 1. The van der Waals surface area contributed by atoms with Gasteiger partial charge in [-0.3, -0.25) is 0 Å². The summed E-state index contributed by atoms with van der Waals surface area (Å²) in [5.41, 5.74) is 12.6. The molecule has 10 aromatic rings. The van der Waals surface area contributed by atoms with Crippen LogP contribution in [0, 0.1) is 0 Å². The molecule has 61 heavy (non-hydrogen) atoms. The largest absolute Gasteiger partial charge is 0.457 e. The lowest BCUT2D eigenvalue weighted by Crippen LogP contribution is -2.02. The molecule has 288 valence electrons. The van der Waals surface area contributed by atoms with Crippen LogP contribution in [-0.2, 0) is 0 Å². The van der Waals surface area contributed by atoms with Crippen molar-refractivity contribution in [3.05, 3.63) is 231 Å². The third-order valence-corrected chi connectivity index (χ3v) is 10.6. The number of hydrogen-bond acceptors (Lipinski definition) is 5. The van der Waals surface area contributed by atoms with Gasteiger partial charge < -0.3 is 4.74 Å². The van der Waals surface area contributed by atoms with Crippen molar-refractivity contribution in [1.29, 1.82) is 0 Å². The average molecular weight is 783 g/mol. The molecule has 5 heteroatoms. The maximum atomic E-state index is 6.43. The molecule has 0 unspecified atom stereocenters. The van der Waals surface area contributed by atoms with E-state index in [1.54, 1.807) is 0 Å². The zero-order valence-corrected chi connectivity index (χ0v) is 33.1. The lowest BCUT2D eigenvalue weighted by atomic mass is 9.83. The lowest BCUT2D eigenvalue weighted by Gasteiger charge is -2.23. The first-order valence-corrected chi connectivity index (χ1v) is 20.3. The summed E-state index contributed by atoms with van der Waals surface area (Å²) in [4.78, 5) is 21.1. The number of ether oxygens (including phenoxy) is 1. The zero-order chi connectivity index (χ0) is 40.8. The van der Waals surface area contributed by atoms with Gasteiger partial charge in [-0.05, 0) is 47.0 Å². The Labute approximate surface area is 355 Å². The van der Waals surface area contributed by atoms with Crippen molar-refractivity contribution in [2.24, 2.45) is 0 Å². The number of nitrogens with zero attached hydrogens (tertiary/aromatic N) is 4. The molecule has 0 aliphatic rings. The first-order chi connectivity index (χ1) is 30.3. The second-order valence-corrected chi connectivity index (χ2v) is 14.6. The van der Waals surface area contributed by atoms with Crippen molar-refractivity contribution in [2.75, 3.05) is 0 Å². The summed E-state index contributed by atoms with van der Waals surface area (Å²) in [6.45, 7) is 0. The van der Waals surface area contributed by atoms with Crippen molar-refractivity contribution in [1.82, 2.24) is 19.9 Å². The molecule has 0 aliphatic carbocycles. The monoisotopic (exact) mass is 782 g/mol. The predicted molar refractivity (Wildman–Crippen MR) is 248 cm³/mol. The minimum Gasteiger partial charge on any atom is -0.457 e. The third kappa shape index (κ3) is 7.72. The molecule has 2 heterocycles. The Morgan fingerprint density at radius 3 is 1.20 bits per heavy atom. The fourth-order valence-corrected chi connectivity index (χ4v) is 7.77. The van der Waals surface area contributed by atoms with E-state index in [1.807, 2.05) is 97.1 Å². The summed E-state index contributed by atoms with van der Waals surface area (Å²) in [5.74, 6) is 3.00. The van der Waals surface area contributed by atoms with E-state index in [0.717, 1.165) is 78.3 Å². The SMILES string of the molecule is c1ccc(Oc2ccccc2-c2nc(-c3ccccc3)nc(-c3cccc(-c4c(-c5ccccc5)c(-c5ccccc5)nc(-c5ccccc5)c4-c4ccccc4)c3)n2)cc1. The highest BCUT2D eigenvalue weighted by molar-refractivity contribution is 6.05. The Kier molecular flexibility index (Phi) is 10.3. The summed E-state index contributed by atoms with van der Waals surface area (Å²) in [5, 5.41) is 0. The molecule has 0 N–H and O–H groups in total. The molecule has 0 saturated carbocycles. The Morgan fingerprint density at radius 2 is 0.656 bits per heavy atom. The fraction of sp³-hybridized carbons (Fsp3) is 0. The molecular formula is C56H38N4O. The van der Waals surface area contributed by atoms with Gasteiger partial charge in [0.15, 0.2) is 17.5 Å². The van der Waals surface area contributed by atoms with E-state index < -0.39 is 0 Å². The topological polar surface area (TPSA) is 60.8 Å². The van der Waals surface area contributed by atoms with Gasteiger partial charge in [0.25, 0.3) is 0 Å². The summed E-state index contributed by atoms with van der Waals surface area (Å²) in [6.07, 6.45) is 0.